The maximum atomic E-state index is 5.67. The second-order valence-electron chi connectivity index (χ2n) is 4.80. The van der Waals surface area contributed by atoms with Crippen LogP contribution >= 0.6 is 0 Å². The van der Waals surface area contributed by atoms with E-state index in [9.17, 15) is 0 Å². The number of anilines is 1. The van der Waals surface area contributed by atoms with Gasteiger partial charge in [0.2, 0.25) is 5.89 Å². The Morgan fingerprint density at radius 2 is 2.11 bits per heavy atom. The molecule has 108 valence electrons. The van der Waals surface area contributed by atoms with Crippen molar-refractivity contribution in [2.24, 2.45) is 0 Å². The molecule has 0 unspecified atom stereocenters. The van der Waals surface area contributed by atoms with Crippen LogP contribution in [0.4, 0.5) is 6.01 Å². The number of hydrogen-bond acceptors (Lipinski definition) is 6. The molecule has 1 aliphatic heterocycles. The molecule has 2 heterocycles. The van der Waals surface area contributed by atoms with Crippen molar-refractivity contribution in [3.05, 3.63) is 5.89 Å². The average molecular weight is 268 g/mol. The summed E-state index contributed by atoms with van der Waals surface area (Å²) in [5.74, 6) is 0.662. The first kappa shape index (κ1) is 14.3. The van der Waals surface area contributed by atoms with Crippen LogP contribution < -0.4 is 10.2 Å². The summed E-state index contributed by atoms with van der Waals surface area (Å²) < 4.78 is 11.3. The van der Waals surface area contributed by atoms with Gasteiger partial charge in [-0.05, 0) is 32.7 Å². The number of nitrogens with zero attached hydrogens (tertiary/aromatic N) is 3. The molecule has 0 saturated carbocycles. The highest BCUT2D eigenvalue weighted by molar-refractivity contribution is 5.24. The van der Waals surface area contributed by atoms with Crippen LogP contribution in [0.5, 0.6) is 0 Å². The van der Waals surface area contributed by atoms with Crippen LogP contribution in [0.15, 0.2) is 4.42 Å². The molecule has 0 radical (unpaired) electrons. The molecule has 1 aliphatic rings. The third-order valence-corrected chi connectivity index (χ3v) is 3.27. The van der Waals surface area contributed by atoms with Gasteiger partial charge in [-0.2, -0.15) is 0 Å². The minimum Gasteiger partial charge on any atom is -0.407 e. The van der Waals surface area contributed by atoms with Gasteiger partial charge in [0.25, 0.3) is 0 Å². The van der Waals surface area contributed by atoms with Crippen molar-refractivity contribution in [3.8, 4) is 0 Å². The molecule has 0 spiro atoms. The summed E-state index contributed by atoms with van der Waals surface area (Å²) in [4.78, 5) is 2.14. The second-order valence-corrected chi connectivity index (χ2v) is 4.80. The van der Waals surface area contributed by atoms with Crippen LogP contribution in [0.2, 0.25) is 0 Å². The Labute approximate surface area is 114 Å². The number of piperidine rings is 1. The highest BCUT2D eigenvalue weighted by atomic mass is 16.5. The Morgan fingerprint density at radius 3 is 2.79 bits per heavy atom. The Morgan fingerprint density at radius 1 is 1.32 bits per heavy atom. The summed E-state index contributed by atoms with van der Waals surface area (Å²) >= 11 is 0. The molecule has 1 saturated heterocycles. The molecule has 0 aliphatic carbocycles. The summed E-state index contributed by atoms with van der Waals surface area (Å²) in [5.41, 5.74) is 0. The molecule has 0 aromatic carbocycles. The van der Waals surface area contributed by atoms with Crippen LogP contribution in [0.1, 0.15) is 39.0 Å². The number of ether oxygens (including phenoxy) is 1. The Balaban J connectivity index is 1.79. The van der Waals surface area contributed by atoms with Crippen molar-refractivity contribution >= 4 is 6.01 Å². The SMILES string of the molecule is CCCNCc1nnc(N2CCC(OCC)CC2)o1. The summed E-state index contributed by atoms with van der Waals surface area (Å²) in [5, 5.41) is 11.4. The molecule has 6 heteroatoms. The first-order valence-electron chi connectivity index (χ1n) is 7.23. The predicted octanol–water partition coefficient (Wildman–Crippen LogP) is 1.57. The zero-order valence-corrected chi connectivity index (χ0v) is 11.9. The first-order chi connectivity index (χ1) is 9.33. The van der Waals surface area contributed by atoms with E-state index in [0.29, 0.717) is 24.6 Å². The standard InChI is InChI=1S/C13H24N4O2/c1-3-7-14-10-12-15-16-13(19-12)17-8-5-11(6-9-17)18-4-2/h11,14H,3-10H2,1-2H3. The summed E-state index contributed by atoms with van der Waals surface area (Å²) in [7, 11) is 0. The van der Waals surface area contributed by atoms with Gasteiger partial charge in [-0.15, -0.1) is 5.10 Å². The van der Waals surface area contributed by atoms with Crippen molar-refractivity contribution in [2.45, 2.75) is 45.8 Å². The van der Waals surface area contributed by atoms with E-state index < -0.39 is 0 Å². The van der Waals surface area contributed by atoms with Crippen molar-refractivity contribution in [2.75, 3.05) is 31.1 Å². The minimum atomic E-state index is 0.384. The van der Waals surface area contributed by atoms with Gasteiger partial charge in [0.05, 0.1) is 12.6 Å². The van der Waals surface area contributed by atoms with E-state index in [1.807, 2.05) is 6.92 Å². The molecular weight excluding hydrogens is 244 g/mol. The monoisotopic (exact) mass is 268 g/mol. The van der Waals surface area contributed by atoms with E-state index in [0.717, 1.165) is 45.5 Å². The number of aromatic nitrogens is 2. The van der Waals surface area contributed by atoms with Gasteiger partial charge in [0.15, 0.2) is 0 Å². The molecule has 19 heavy (non-hydrogen) atoms. The van der Waals surface area contributed by atoms with Crippen LogP contribution in [0.25, 0.3) is 0 Å². The third kappa shape index (κ3) is 4.18. The first-order valence-corrected chi connectivity index (χ1v) is 7.23. The zero-order chi connectivity index (χ0) is 13.5. The molecule has 1 fully saturated rings. The number of nitrogens with one attached hydrogen (secondary N) is 1. The van der Waals surface area contributed by atoms with E-state index in [4.69, 9.17) is 9.15 Å². The summed E-state index contributed by atoms with van der Waals surface area (Å²) in [6, 6.07) is 0.642. The maximum absolute atomic E-state index is 5.67. The van der Waals surface area contributed by atoms with Crippen LogP contribution in [-0.2, 0) is 11.3 Å². The summed E-state index contributed by atoms with van der Waals surface area (Å²) in [6.07, 6.45) is 3.54. The van der Waals surface area contributed by atoms with Gasteiger partial charge >= 0.3 is 6.01 Å². The molecule has 1 aromatic rings. The smallest absolute Gasteiger partial charge is 0.318 e. The fourth-order valence-electron chi connectivity index (χ4n) is 2.27. The molecule has 0 atom stereocenters. The third-order valence-electron chi connectivity index (χ3n) is 3.27. The van der Waals surface area contributed by atoms with E-state index in [-0.39, 0.29) is 0 Å². The highest BCUT2D eigenvalue weighted by Crippen LogP contribution is 2.20. The predicted molar refractivity (Wildman–Crippen MR) is 73.2 cm³/mol. The molecule has 1 aromatic heterocycles. The molecule has 2 rings (SSSR count). The van der Waals surface area contributed by atoms with Gasteiger partial charge in [-0.25, -0.2) is 0 Å². The van der Waals surface area contributed by atoms with Gasteiger partial charge in [0.1, 0.15) is 0 Å². The van der Waals surface area contributed by atoms with Gasteiger partial charge in [-0.1, -0.05) is 12.0 Å². The van der Waals surface area contributed by atoms with Crippen molar-refractivity contribution < 1.29 is 9.15 Å². The van der Waals surface area contributed by atoms with Crippen LogP contribution in [-0.4, -0.2) is 42.5 Å². The number of rotatable bonds is 7. The van der Waals surface area contributed by atoms with Gasteiger partial charge < -0.3 is 19.4 Å². The largest absolute Gasteiger partial charge is 0.407 e. The summed E-state index contributed by atoms with van der Waals surface area (Å²) in [6.45, 7) is 8.43. The van der Waals surface area contributed by atoms with E-state index >= 15 is 0 Å². The lowest BCUT2D eigenvalue weighted by molar-refractivity contribution is 0.0453. The lowest BCUT2D eigenvalue weighted by Crippen LogP contribution is -2.37. The Hall–Kier alpha value is -1.14. The molecule has 0 bridgehead atoms. The second kappa shape index (κ2) is 7.45. The van der Waals surface area contributed by atoms with Gasteiger partial charge in [0, 0.05) is 19.7 Å². The van der Waals surface area contributed by atoms with E-state index in [1.54, 1.807) is 0 Å². The zero-order valence-electron chi connectivity index (χ0n) is 11.9. The van der Waals surface area contributed by atoms with Crippen LogP contribution in [0.3, 0.4) is 0 Å². The van der Waals surface area contributed by atoms with Crippen molar-refractivity contribution in [3.63, 3.8) is 0 Å². The van der Waals surface area contributed by atoms with E-state index in [2.05, 4.69) is 27.3 Å². The fraction of sp³-hybridized carbons (Fsp3) is 0.846. The average Bonchev–Trinajstić information content (AvgIpc) is 2.89. The molecule has 0 amide bonds. The topological polar surface area (TPSA) is 63.4 Å². The quantitative estimate of drug-likeness (QED) is 0.757. The normalized spacial score (nSPS) is 17.1. The number of hydrogen-bond donors (Lipinski definition) is 1. The van der Waals surface area contributed by atoms with Crippen molar-refractivity contribution in [1.29, 1.82) is 0 Å². The maximum Gasteiger partial charge on any atom is 0.318 e. The minimum absolute atomic E-state index is 0.384. The molecular formula is C13H24N4O2. The molecule has 6 nitrogen and oxygen atoms in total. The lowest BCUT2D eigenvalue weighted by Gasteiger charge is -2.30. The molecule has 1 N–H and O–H groups in total. The Bertz CT molecular complexity index is 361. The fourth-order valence-corrected chi connectivity index (χ4v) is 2.27. The lowest BCUT2D eigenvalue weighted by atomic mass is 10.1. The van der Waals surface area contributed by atoms with Crippen LogP contribution in [0, 0.1) is 0 Å². The highest BCUT2D eigenvalue weighted by Gasteiger charge is 2.22. The van der Waals surface area contributed by atoms with Crippen molar-refractivity contribution in [1.82, 2.24) is 15.5 Å². The van der Waals surface area contributed by atoms with E-state index in [1.165, 1.54) is 0 Å². The Kier molecular flexibility index (Phi) is 5.60. The van der Waals surface area contributed by atoms with Gasteiger partial charge in [-0.3, -0.25) is 0 Å².